The minimum Gasteiger partial charge on any atom is -0.342 e. The van der Waals surface area contributed by atoms with E-state index in [0.29, 0.717) is 24.3 Å². The summed E-state index contributed by atoms with van der Waals surface area (Å²) in [6.07, 6.45) is 4.18. The number of amides is 1. The molecule has 4 heteroatoms. The SMILES string of the molecule is O=C(Cc1ccccc1)N1CC[C@H]2[C@H](CCCN2Cc2cccs2)C1. The van der Waals surface area contributed by atoms with E-state index in [0.717, 1.165) is 31.6 Å². The number of carbonyl (C=O) groups is 1. The predicted molar refractivity (Wildman–Crippen MR) is 103 cm³/mol. The molecule has 0 spiro atoms. The third kappa shape index (κ3) is 3.96. The van der Waals surface area contributed by atoms with Crippen molar-refractivity contribution in [2.24, 2.45) is 5.92 Å². The van der Waals surface area contributed by atoms with Gasteiger partial charge in [-0.25, -0.2) is 0 Å². The fraction of sp³-hybridized carbons (Fsp3) is 0.476. The maximum atomic E-state index is 12.7. The molecule has 2 saturated heterocycles. The lowest BCUT2D eigenvalue weighted by Gasteiger charge is -2.47. The summed E-state index contributed by atoms with van der Waals surface area (Å²) in [5, 5.41) is 2.17. The van der Waals surface area contributed by atoms with Crippen LogP contribution >= 0.6 is 11.3 Å². The number of benzene rings is 1. The number of nitrogens with zero attached hydrogens (tertiary/aromatic N) is 2. The van der Waals surface area contributed by atoms with Crippen LogP contribution in [-0.4, -0.2) is 41.4 Å². The molecule has 0 aliphatic carbocycles. The predicted octanol–water partition coefficient (Wildman–Crippen LogP) is 3.80. The molecule has 2 aliphatic heterocycles. The van der Waals surface area contributed by atoms with Crippen LogP contribution in [0.1, 0.15) is 29.7 Å². The molecular weight excluding hydrogens is 328 g/mol. The van der Waals surface area contributed by atoms with Gasteiger partial charge < -0.3 is 4.90 Å². The second-order valence-corrected chi connectivity index (χ2v) is 8.34. The van der Waals surface area contributed by atoms with E-state index in [1.165, 1.54) is 24.3 Å². The lowest BCUT2D eigenvalue weighted by atomic mass is 9.83. The molecule has 25 heavy (non-hydrogen) atoms. The summed E-state index contributed by atoms with van der Waals surface area (Å²) < 4.78 is 0. The number of hydrogen-bond acceptors (Lipinski definition) is 3. The van der Waals surface area contributed by atoms with Crippen LogP contribution in [0.25, 0.3) is 0 Å². The standard InChI is InChI=1S/C21H26N2OS/c24-21(14-17-6-2-1-3-7-17)23-12-10-20-18(15-23)8-4-11-22(20)16-19-9-5-13-25-19/h1-3,5-7,9,13,18,20H,4,8,10-12,14-16H2/t18-,20+/m1/s1. The quantitative estimate of drug-likeness (QED) is 0.834. The fourth-order valence-corrected chi connectivity index (χ4v) is 5.14. The number of rotatable bonds is 4. The number of fused-ring (bicyclic) bond motifs is 1. The summed E-state index contributed by atoms with van der Waals surface area (Å²) in [5.41, 5.74) is 1.12. The Morgan fingerprint density at radius 3 is 2.76 bits per heavy atom. The summed E-state index contributed by atoms with van der Waals surface area (Å²) in [7, 11) is 0. The Balaban J connectivity index is 1.37. The monoisotopic (exact) mass is 354 g/mol. The molecule has 132 valence electrons. The van der Waals surface area contributed by atoms with Gasteiger partial charge in [0.15, 0.2) is 0 Å². The van der Waals surface area contributed by atoms with Crippen molar-refractivity contribution in [3.63, 3.8) is 0 Å². The summed E-state index contributed by atoms with van der Waals surface area (Å²) in [6, 6.07) is 15.2. The second kappa shape index (κ2) is 7.71. The summed E-state index contributed by atoms with van der Waals surface area (Å²) in [5.74, 6) is 0.933. The van der Waals surface area contributed by atoms with E-state index in [9.17, 15) is 4.79 Å². The Labute approximate surface area is 154 Å². The van der Waals surface area contributed by atoms with Crippen LogP contribution in [0.3, 0.4) is 0 Å². The highest BCUT2D eigenvalue weighted by atomic mass is 32.1. The van der Waals surface area contributed by atoms with Crippen LogP contribution in [0.4, 0.5) is 0 Å². The number of piperidine rings is 2. The van der Waals surface area contributed by atoms with Crippen molar-refractivity contribution in [3.05, 3.63) is 58.3 Å². The highest BCUT2D eigenvalue weighted by Gasteiger charge is 2.37. The first kappa shape index (κ1) is 16.8. The molecule has 1 amide bonds. The van der Waals surface area contributed by atoms with Gasteiger partial charge in [0, 0.05) is 30.6 Å². The van der Waals surface area contributed by atoms with Gasteiger partial charge in [0.2, 0.25) is 5.91 Å². The van der Waals surface area contributed by atoms with Gasteiger partial charge in [-0.3, -0.25) is 9.69 Å². The van der Waals surface area contributed by atoms with Gasteiger partial charge in [-0.1, -0.05) is 36.4 Å². The third-order valence-corrected chi connectivity index (χ3v) is 6.53. The van der Waals surface area contributed by atoms with Crippen LogP contribution in [0.5, 0.6) is 0 Å². The first-order chi connectivity index (χ1) is 12.3. The van der Waals surface area contributed by atoms with Crippen LogP contribution in [0, 0.1) is 5.92 Å². The number of likely N-dealkylation sites (tertiary alicyclic amines) is 2. The molecule has 0 unspecified atom stereocenters. The first-order valence-electron chi connectivity index (χ1n) is 9.38. The van der Waals surface area contributed by atoms with E-state index in [1.54, 1.807) is 0 Å². The Morgan fingerprint density at radius 1 is 1.08 bits per heavy atom. The average molecular weight is 355 g/mol. The summed E-state index contributed by atoms with van der Waals surface area (Å²) in [6.45, 7) is 4.14. The van der Waals surface area contributed by atoms with E-state index in [-0.39, 0.29) is 0 Å². The molecule has 0 N–H and O–H groups in total. The van der Waals surface area contributed by atoms with E-state index in [4.69, 9.17) is 0 Å². The molecule has 0 saturated carbocycles. The van der Waals surface area contributed by atoms with Crippen LogP contribution in [0.2, 0.25) is 0 Å². The molecular formula is C21H26N2OS. The molecule has 2 aromatic rings. The highest BCUT2D eigenvalue weighted by molar-refractivity contribution is 7.09. The topological polar surface area (TPSA) is 23.6 Å². The zero-order valence-corrected chi connectivity index (χ0v) is 15.5. The highest BCUT2D eigenvalue weighted by Crippen LogP contribution is 2.32. The maximum absolute atomic E-state index is 12.7. The van der Waals surface area contributed by atoms with Gasteiger partial charge in [-0.05, 0) is 48.7 Å². The normalized spacial score (nSPS) is 24.1. The zero-order valence-electron chi connectivity index (χ0n) is 14.6. The summed E-state index contributed by atoms with van der Waals surface area (Å²) in [4.78, 5) is 18.9. The average Bonchev–Trinajstić information content (AvgIpc) is 3.15. The third-order valence-electron chi connectivity index (χ3n) is 5.67. The van der Waals surface area contributed by atoms with Gasteiger partial charge >= 0.3 is 0 Å². The van der Waals surface area contributed by atoms with Gasteiger partial charge in [-0.2, -0.15) is 0 Å². The molecule has 4 rings (SSSR count). The molecule has 3 heterocycles. The number of carbonyl (C=O) groups excluding carboxylic acids is 1. The van der Waals surface area contributed by atoms with E-state index >= 15 is 0 Å². The van der Waals surface area contributed by atoms with Crippen molar-refractivity contribution in [1.82, 2.24) is 9.80 Å². The second-order valence-electron chi connectivity index (χ2n) is 7.31. The molecule has 1 aromatic heterocycles. The van der Waals surface area contributed by atoms with Crippen molar-refractivity contribution in [1.29, 1.82) is 0 Å². The Morgan fingerprint density at radius 2 is 1.96 bits per heavy atom. The molecule has 3 nitrogen and oxygen atoms in total. The number of hydrogen-bond donors (Lipinski definition) is 0. The van der Waals surface area contributed by atoms with Crippen molar-refractivity contribution in [2.45, 2.75) is 38.3 Å². The van der Waals surface area contributed by atoms with Crippen molar-refractivity contribution >= 4 is 17.2 Å². The smallest absolute Gasteiger partial charge is 0.227 e. The Hall–Kier alpha value is -1.65. The number of thiophene rings is 1. The van der Waals surface area contributed by atoms with Gasteiger partial charge in [0.05, 0.1) is 6.42 Å². The van der Waals surface area contributed by atoms with Crippen LogP contribution in [0.15, 0.2) is 47.8 Å². The van der Waals surface area contributed by atoms with Crippen LogP contribution in [-0.2, 0) is 17.8 Å². The maximum Gasteiger partial charge on any atom is 0.227 e. The van der Waals surface area contributed by atoms with E-state index in [2.05, 4.69) is 27.3 Å². The fourth-order valence-electron chi connectivity index (χ4n) is 4.41. The summed E-state index contributed by atoms with van der Waals surface area (Å²) >= 11 is 1.86. The minimum absolute atomic E-state index is 0.292. The molecule has 2 fully saturated rings. The van der Waals surface area contributed by atoms with Crippen LogP contribution < -0.4 is 0 Å². The van der Waals surface area contributed by atoms with Crippen molar-refractivity contribution in [3.8, 4) is 0 Å². The van der Waals surface area contributed by atoms with E-state index in [1.807, 2.05) is 41.7 Å². The molecule has 2 aliphatic rings. The molecule has 0 bridgehead atoms. The van der Waals surface area contributed by atoms with Gasteiger partial charge in [0.25, 0.3) is 0 Å². The molecule has 0 radical (unpaired) electrons. The lowest BCUT2D eigenvalue weighted by molar-refractivity contribution is -0.134. The minimum atomic E-state index is 0.292. The largest absolute Gasteiger partial charge is 0.342 e. The van der Waals surface area contributed by atoms with Crippen molar-refractivity contribution < 1.29 is 4.79 Å². The van der Waals surface area contributed by atoms with Crippen molar-refractivity contribution in [2.75, 3.05) is 19.6 Å². The van der Waals surface area contributed by atoms with Gasteiger partial charge in [-0.15, -0.1) is 11.3 Å². The first-order valence-corrected chi connectivity index (χ1v) is 10.3. The lowest BCUT2D eigenvalue weighted by Crippen LogP contribution is -2.54. The zero-order chi connectivity index (χ0) is 17.1. The Bertz CT molecular complexity index is 685. The molecule has 2 atom stereocenters. The van der Waals surface area contributed by atoms with Gasteiger partial charge in [0.1, 0.15) is 0 Å². The molecule has 1 aromatic carbocycles. The van der Waals surface area contributed by atoms with E-state index < -0.39 is 0 Å². The Kier molecular flexibility index (Phi) is 5.18.